The Morgan fingerprint density at radius 1 is 0.951 bits per heavy atom. The standard InChI is InChI=1S/C30H34F3N3O4S/c1-4-5-17-34-29(38)23(3)35(20-24-12-9-11-22(2)18-24)28(37)21-36(41(39,40)27-15-7-6-8-16-27)26-14-10-13-25(19-26)30(31,32)33/h6-16,18-19,23H,4-5,17,20-21H2,1-3H3,(H,34,38)/t23-/m0/s1. The number of nitrogens with zero attached hydrogens (tertiary/aromatic N) is 2. The zero-order valence-electron chi connectivity index (χ0n) is 23.2. The quantitative estimate of drug-likeness (QED) is 0.281. The van der Waals surface area contributed by atoms with Gasteiger partial charge < -0.3 is 10.2 Å². The summed E-state index contributed by atoms with van der Waals surface area (Å²) in [6.45, 7) is 4.96. The Labute approximate surface area is 239 Å². The zero-order chi connectivity index (χ0) is 30.2. The molecule has 0 saturated heterocycles. The first-order valence-corrected chi connectivity index (χ1v) is 14.7. The topological polar surface area (TPSA) is 86.8 Å². The summed E-state index contributed by atoms with van der Waals surface area (Å²) in [6, 6.07) is 17.3. The van der Waals surface area contributed by atoms with E-state index in [-0.39, 0.29) is 17.1 Å². The summed E-state index contributed by atoms with van der Waals surface area (Å²) in [6.07, 6.45) is -3.14. The van der Waals surface area contributed by atoms with E-state index in [1.807, 2.05) is 26.0 Å². The first-order valence-electron chi connectivity index (χ1n) is 13.2. The molecule has 0 bridgehead atoms. The van der Waals surface area contributed by atoms with Gasteiger partial charge in [-0.25, -0.2) is 8.42 Å². The van der Waals surface area contributed by atoms with Gasteiger partial charge in [0.1, 0.15) is 12.6 Å². The molecule has 0 aliphatic heterocycles. The summed E-state index contributed by atoms with van der Waals surface area (Å²) < 4.78 is 68.8. The normalized spacial score (nSPS) is 12.4. The molecule has 220 valence electrons. The number of halogens is 3. The third-order valence-corrected chi connectivity index (χ3v) is 8.29. The average Bonchev–Trinajstić information content (AvgIpc) is 2.94. The summed E-state index contributed by atoms with van der Waals surface area (Å²) in [5, 5.41) is 2.79. The van der Waals surface area contributed by atoms with E-state index in [0.717, 1.165) is 30.5 Å². The Morgan fingerprint density at radius 2 is 1.63 bits per heavy atom. The second kappa shape index (κ2) is 13.7. The number of benzene rings is 3. The van der Waals surface area contributed by atoms with Gasteiger partial charge in [-0.3, -0.25) is 13.9 Å². The van der Waals surface area contributed by atoms with Gasteiger partial charge in [0.05, 0.1) is 16.1 Å². The highest BCUT2D eigenvalue weighted by Gasteiger charge is 2.35. The number of nitrogens with one attached hydrogen (secondary N) is 1. The van der Waals surface area contributed by atoms with E-state index in [2.05, 4.69) is 5.32 Å². The van der Waals surface area contributed by atoms with Crippen molar-refractivity contribution in [3.05, 3.63) is 95.6 Å². The van der Waals surface area contributed by atoms with Crippen LogP contribution < -0.4 is 9.62 Å². The number of hydrogen-bond acceptors (Lipinski definition) is 4. The molecule has 0 saturated carbocycles. The molecule has 0 unspecified atom stereocenters. The Morgan fingerprint density at radius 3 is 2.27 bits per heavy atom. The molecule has 3 rings (SSSR count). The van der Waals surface area contributed by atoms with Gasteiger partial charge in [0.2, 0.25) is 11.8 Å². The van der Waals surface area contributed by atoms with Crippen LogP contribution in [0.4, 0.5) is 18.9 Å². The minimum absolute atomic E-state index is 0.00923. The van der Waals surface area contributed by atoms with Crippen LogP contribution in [0.1, 0.15) is 43.4 Å². The summed E-state index contributed by atoms with van der Waals surface area (Å²) in [7, 11) is -4.47. The highest BCUT2D eigenvalue weighted by Crippen LogP contribution is 2.33. The number of alkyl halides is 3. The maximum atomic E-state index is 13.9. The van der Waals surface area contributed by atoms with Crippen LogP contribution in [-0.2, 0) is 32.3 Å². The van der Waals surface area contributed by atoms with Crippen LogP contribution in [0.2, 0.25) is 0 Å². The van der Waals surface area contributed by atoms with E-state index in [9.17, 15) is 31.2 Å². The van der Waals surface area contributed by atoms with Crippen molar-refractivity contribution in [3.8, 4) is 0 Å². The molecule has 1 N–H and O–H groups in total. The molecular formula is C30H34F3N3O4S. The van der Waals surface area contributed by atoms with E-state index >= 15 is 0 Å². The van der Waals surface area contributed by atoms with Crippen LogP contribution in [0.3, 0.4) is 0 Å². The summed E-state index contributed by atoms with van der Waals surface area (Å²) in [4.78, 5) is 27.9. The Kier molecular flexibility index (Phi) is 10.6. The van der Waals surface area contributed by atoms with Gasteiger partial charge >= 0.3 is 6.18 Å². The van der Waals surface area contributed by atoms with Crippen molar-refractivity contribution in [2.24, 2.45) is 0 Å². The summed E-state index contributed by atoms with van der Waals surface area (Å²) in [5.41, 5.74) is 0.249. The fourth-order valence-electron chi connectivity index (χ4n) is 4.21. The Bertz CT molecular complexity index is 1450. The molecular weight excluding hydrogens is 555 g/mol. The molecule has 41 heavy (non-hydrogen) atoms. The lowest BCUT2D eigenvalue weighted by molar-refractivity contribution is -0.139. The zero-order valence-corrected chi connectivity index (χ0v) is 24.0. The van der Waals surface area contributed by atoms with Crippen molar-refractivity contribution < 1.29 is 31.2 Å². The van der Waals surface area contributed by atoms with E-state index in [4.69, 9.17) is 0 Å². The predicted molar refractivity (Wildman–Crippen MR) is 152 cm³/mol. The molecule has 0 fully saturated rings. The second-order valence-electron chi connectivity index (χ2n) is 9.70. The van der Waals surface area contributed by atoms with Crippen LogP contribution >= 0.6 is 0 Å². The van der Waals surface area contributed by atoms with Crippen LogP contribution in [-0.4, -0.2) is 44.3 Å². The van der Waals surface area contributed by atoms with Crippen molar-refractivity contribution in [2.45, 2.75) is 57.3 Å². The maximum Gasteiger partial charge on any atom is 0.416 e. The highest BCUT2D eigenvalue weighted by atomic mass is 32.2. The lowest BCUT2D eigenvalue weighted by Crippen LogP contribution is -2.51. The maximum absolute atomic E-state index is 13.9. The Balaban J connectivity index is 2.05. The molecule has 11 heteroatoms. The van der Waals surface area contributed by atoms with Crippen LogP contribution in [0.5, 0.6) is 0 Å². The fourth-order valence-corrected chi connectivity index (χ4v) is 5.64. The lowest BCUT2D eigenvalue weighted by atomic mass is 10.1. The van der Waals surface area contributed by atoms with Gasteiger partial charge in [0.15, 0.2) is 0 Å². The number of carbonyl (C=O) groups excluding carboxylic acids is 2. The second-order valence-corrected chi connectivity index (χ2v) is 11.6. The third kappa shape index (κ3) is 8.32. The molecule has 3 aromatic rings. The van der Waals surface area contributed by atoms with Gasteiger partial charge in [0.25, 0.3) is 10.0 Å². The number of aryl methyl sites for hydroxylation is 1. The number of unbranched alkanes of at least 4 members (excludes halogenated alkanes) is 1. The van der Waals surface area contributed by atoms with Gasteiger partial charge in [-0.05, 0) is 56.2 Å². The van der Waals surface area contributed by atoms with Crippen molar-refractivity contribution in [1.29, 1.82) is 0 Å². The van der Waals surface area contributed by atoms with E-state index in [1.165, 1.54) is 42.2 Å². The number of carbonyl (C=O) groups is 2. The molecule has 2 amide bonds. The average molecular weight is 590 g/mol. The van der Waals surface area contributed by atoms with Crippen molar-refractivity contribution in [2.75, 3.05) is 17.4 Å². The minimum Gasteiger partial charge on any atom is -0.354 e. The minimum atomic E-state index is -4.73. The van der Waals surface area contributed by atoms with Gasteiger partial charge in [0, 0.05) is 13.1 Å². The number of anilines is 1. The third-order valence-electron chi connectivity index (χ3n) is 6.50. The molecule has 3 aromatic carbocycles. The SMILES string of the molecule is CCCCNC(=O)[C@H](C)N(Cc1cccc(C)c1)C(=O)CN(c1cccc(C(F)(F)F)c1)S(=O)(=O)c1ccccc1. The van der Waals surface area contributed by atoms with E-state index < -0.39 is 46.2 Å². The molecule has 0 radical (unpaired) electrons. The first-order chi connectivity index (χ1) is 19.3. The van der Waals surface area contributed by atoms with Crippen LogP contribution in [0.25, 0.3) is 0 Å². The molecule has 1 atom stereocenters. The molecule has 0 aliphatic carbocycles. The highest BCUT2D eigenvalue weighted by molar-refractivity contribution is 7.92. The van der Waals surface area contributed by atoms with Gasteiger partial charge in [-0.2, -0.15) is 13.2 Å². The molecule has 7 nitrogen and oxygen atoms in total. The fraction of sp³-hybridized carbons (Fsp3) is 0.333. The Hall–Kier alpha value is -3.86. The summed E-state index contributed by atoms with van der Waals surface area (Å²) >= 11 is 0. The first kappa shape index (κ1) is 31.7. The smallest absolute Gasteiger partial charge is 0.354 e. The van der Waals surface area contributed by atoms with Crippen molar-refractivity contribution in [1.82, 2.24) is 10.2 Å². The lowest BCUT2D eigenvalue weighted by Gasteiger charge is -2.32. The molecule has 0 aliphatic rings. The number of rotatable bonds is 12. The largest absolute Gasteiger partial charge is 0.416 e. The summed E-state index contributed by atoms with van der Waals surface area (Å²) in [5.74, 6) is -1.17. The number of hydrogen-bond donors (Lipinski definition) is 1. The van der Waals surface area contributed by atoms with Crippen molar-refractivity contribution >= 4 is 27.5 Å². The van der Waals surface area contributed by atoms with Crippen molar-refractivity contribution in [3.63, 3.8) is 0 Å². The monoisotopic (exact) mass is 589 g/mol. The molecule has 0 heterocycles. The van der Waals surface area contributed by atoms with Gasteiger partial charge in [-0.1, -0.05) is 67.4 Å². The van der Waals surface area contributed by atoms with E-state index in [1.54, 1.807) is 18.2 Å². The predicted octanol–water partition coefficient (Wildman–Crippen LogP) is 5.54. The molecule has 0 spiro atoms. The van der Waals surface area contributed by atoms with Crippen LogP contribution in [0.15, 0.2) is 83.8 Å². The van der Waals surface area contributed by atoms with E-state index in [0.29, 0.717) is 22.5 Å². The number of sulfonamides is 1. The van der Waals surface area contributed by atoms with Crippen LogP contribution in [0, 0.1) is 6.92 Å². The van der Waals surface area contributed by atoms with Gasteiger partial charge in [-0.15, -0.1) is 0 Å². The number of amides is 2. The molecule has 0 aromatic heterocycles.